The lowest BCUT2D eigenvalue weighted by molar-refractivity contribution is 0.472. The van der Waals surface area contributed by atoms with E-state index in [0.717, 1.165) is 0 Å². The molecule has 7 heteroatoms. The monoisotopic (exact) mass is 320 g/mol. The van der Waals surface area contributed by atoms with Gasteiger partial charge in [0.05, 0.1) is 11.6 Å². The topological polar surface area (TPSA) is 63.7 Å². The Morgan fingerprint density at radius 1 is 1.14 bits per heavy atom. The van der Waals surface area contributed by atoms with Crippen LogP contribution in [0.5, 0.6) is 5.75 Å². The summed E-state index contributed by atoms with van der Waals surface area (Å²) in [4.78, 5) is 23.9. The van der Waals surface area contributed by atoms with E-state index in [9.17, 15) is 19.1 Å². The van der Waals surface area contributed by atoms with Crippen molar-refractivity contribution >= 4 is 17.1 Å². The highest BCUT2D eigenvalue weighted by atomic mass is 35.5. The third-order valence-electron chi connectivity index (χ3n) is 3.31. The number of hydrogen-bond acceptors (Lipinski definition) is 3. The number of rotatable bonds is 2. The maximum atomic E-state index is 13.2. The van der Waals surface area contributed by atoms with Crippen LogP contribution in [0.1, 0.15) is 5.56 Å². The van der Waals surface area contributed by atoms with Crippen LogP contribution in [0.15, 0.2) is 52.4 Å². The van der Waals surface area contributed by atoms with Crippen molar-refractivity contribution in [1.82, 2.24) is 8.97 Å². The van der Waals surface area contributed by atoms with Crippen molar-refractivity contribution in [2.75, 3.05) is 0 Å². The minimum Gasteiger partial charge on any atom is -0.503 e. The van der Waals surface area contributed by atoms with E-state index in [-0.39, 0.29) is 17.1 Å². The summed E-state index contributed by atoms with van der Waals surface area (Å²) in [5.41, 5.74) is -0.642. The van der Waals surface area contributed by atoms with Gasteiger partial charge in [0.1, 0.15) is 5.82 Å². The number of fused-ring (bicyclic) bond motifs is 1. The molecule has 0 saturated heterocycles. The largest absolute Gasteiger partial charge is 0.503 e. The summed E-state index contributed by atoms with van der Waals surface area (Å²) in [7, 11) is 0. The average molecular weight is 321 g/mol. The predicted octanol–water partition coefficient (Wildman–Crippen LogP) is 2.01. The first kappa shape index (κ1) is 14.3. The van der Waals surface area contributed by atoms with Crippen molar-refractivity contribution in [3.8, 4) is 5.75 Å². The number of aromatic hydroxyl groups is 1. The van der Waals surface area contributed by atoms with Crippen LogP contribution in [-0.2, 0) is 6.54 Å². The smallest absolute Gasteiger partial charge is 0.279 e. The van der Waals surface area contributed by atoms with Crippen molar-refractivity contribution < 1.29 is 9.50 Å². The van der Waals surface area contributed by atoms with Crippen LogP contribution < -0.4 is 11.0 Å². The summed E-state index contributed by atoms with van der Waals surface area (Å²) in [6.07, 6.45) is 4.45. The van der Waals surface area contributed by atoms with Gasteiger partial charge in [-0.05, 0) is 17.7 Å². The lowest BCUT2D eigenvalue weighted by Crippen LogP contribution is -2.24. The van der Waals surface area contributed by atoms with E-state index in [1.807, 2.05) is 0 Å². The molecule has 1 N–H and O–H groups in total. The predicted molar refractivity (Wildman–Crippen MR) is 80.1 cm³/mol. The SMILES string of the molecule is O=c1ccn2ccn(Cc3ccc(F)c(Cl)c3)c(=O)c2c1O. The van der Waals surface area contributed by atoms with Crippen LogP contribution in [-0.4, -0.2) is 14.1 Å². The lowest BCUT2D eigenvalue weighted by Gasteiger charge is -2.09. The van der Waals surface area contributed by atoms with Gasteiger partial charge in [0, 0.05) is 24.7 Å². The fourth-order valence-corrected chi connectivity index (χ4v) is 2.39. The van der Waals surface area contributed by atoms with Crippen LogP contribution in [0.2, 0.25) is 5.02 Å². The van der Waals surface area contributed by atoms with Gasteiger partial charge >= 0.3 is 0 Å². The molecule has 1 aromatic carbocycles. The summed E-state index contributed by atoms with van der Waals surface area (Å²) in [6, 6.07) is 5.32. The minimum atomic E-state index is -0.625. The normalized spacial score (nSPS) is 11.0. The summed E-state index contributed by atoms with van der Waals surface area (Å²) in [6.45, 7) is 0.137. The van der Waals surface area contributed by atoms with E-state index in [4.69, 9.17) is 11.6 Å². The Kier molecular flexibility index (Phi) is 3.46. The molecule has 0 aliphatic carbocycles. The average Bonchev–Trinajstić information content (AvgIpc) is 2.49. The Morgan fingerprint density at radius 3 is 2.64 bits per heavy atom. The molecule has 0 bridgehead atoms. The molecule has 0 saturated carbocycles. The maximum Gasteiger partial charge on any atom is 0.279 e. The Balaban J connectivity index is 2.14. The third-order valence-corrected chi connectivity index (χ3v) is 3.60. The molecule has 3 aromatic rings. The third kappa shape index (κ3) is 2.37. The van der Waals surface area contributed by atoms with Crippen LogP contribution in [0.3, 0.4) is 0 Å². The van der Waals surface area contributed by atoms with E-state index in [1.165, 1.54) is 45.6 Å². The summed E-state index contributed by atoms with van der Waals surface area (Å²) in [5.74, 6) is -1.14. The summed E-state index contributed by atoms with van der Waals surface area (Å²) in [5, 5.41) is 9.76. The van der Waals surface area contributed by atoms with Gasteiger partial charge in [0.15, 0.2) is 11.3 Å². The molecule has 0 aliphatic heterocycles. The van der Waals surface area contributed by atoms with E-state index >= 15 is 0 Å². The van der Waals surface area contributed by atoms with Gasteiger partial charge in [0.2, 0.25) is 5.43 Å². The van der Waals surface area contributed by atoms with E-state index < -0.39 is 22.6 Å². The number of pyridine rings is 1. The van der Waals surface area contributed by atoms with E-state index in [2.05, 4.69) is 0 Å². The van der Waals surface area contributed by atoms with E-state index in [1.54, 1.807) is 6.20 Å². The lowest BCUT2D eigenvalue weighted by atomic mass is 10.2. The number of benzene rings is 1. The zero-order valence-corrected chi connectivity index (χ0v) is 11.9. The molecule has 112 valence electrons. The van der Waals surface area contributed by atoms with Gasteiger partial charge in [-0.3, -0.25) is 9.59 Å². The second kappa shape index (κ2) is 5.31. The van der Waals surface area contributed by atoms with Crippen LogP contribution >= 0.6 is 11.6 Å². The van der Waals surface area contributed by atoms with Gasteiger partial charge in [-0.2, -0.15) is 0 Å². The fraction of sp³-hybridized carbons (Fsp3) is 0.0667. The summed E-state index contributed by atoms with van der Waals surface area (Å²) >= 11 is 5.71. The maximum absolute atomic E-state index is 13.2. The minimum absolute atomic E-state index is 0.0367. The van der Waals surface area contributed by atoms with Gasteiger partial charge in [0.25, 0.3) is 5.56 Å². The molecule has 22 heavy (non-hydrogen) atoms. The molecule has 0 spiro atoms. The van der Waals surface area contributed by atoms with Crippen LogP contribution in [0.4, 0.5) is 4.39 Å². The molecule has 5 nitrogen and oxygen atoms in total. The molecular formula is C15H10ClFN2O3. The fourth-order valence-electron chi connectivity index (χ4n) is 2.19. The van der Waals surface area contributed by atoms with Crippen LogP contribution in [0.25, 0.3) is 5.52 Å². The van der Waals surface area contributed by atoms with Crippen molar-refractivity contribution in [2.24, 2.45) is 0 Å². The number of hydrogen-bond donors (Lipinski definition) is 1. The van der Waals surface area contributed by atoms with Crippen molar-refractivity contribution in [2.45, 2.75) is 6.54 Å². The molecule has 2 heterocycles. The zero-order valence-electron chi connectivity index (χ0n) is 11.2. The number of nitrogens with zero attached hydrogens (tertiary/aromatic N) is 2. The number of aromatic nitrogens is 2. The first-order chi connectivity index (χ1) is 10.5. The molecule has 0 aliphatic rings. The Morgan fingerprint density at radius 2 is 1.91 bits per heavy atom. The molecule has 0 amide bonds. The number of halogens is 2. The van der Waals surface area contributed by atoms with E-state index in [0.29, 0.717) is 5.56 Å². The highest BCUT2D eigenvalue weighted by molar-refractivity contribution is 6.30. The highest BCUT2D eigenvalue weighted by Crippen LogP contribution is 2.16. The molecular weight excluding hydrogens is 311 g/mol. The second-order valence-electron chi connectivity index (χ2n) is 4.76. The Labute approximate surface area is 128 Å². The highest BCUT2D eigenvalue weighted by Gasteiger charge is 2.10. The van der Waals surface area contributed by atoms with Gasteiger partial charge in [-0.1, -0.05) is 17.7 Å². The second-order valence-corrected chi connectivity index (χ2v) is 5.17. The molecule has 2 aromatic heterocycles. The van der Waals surface area contributed by atoms with Crippen molar-refractivity contribution in [3.05, 3.63) is 79.8 Å². The molecule has 0 radical (unpaired) electrons. The van der Waals surface area contributed by atoms with Crippen LogP contribution in [0, 0.1) is 5.82 Å². The van der Waals surface area contributed by atoms with Gasteiger partial charge in [-0.25, -0.2) is 4.39 Å². The first-order valence-electron chi connectivity index (χ1n) is 6.34. The van der Waals surface area contributed by atoms with Gasteiger partial charge in [-0.15, -0.1) is 0 Å². The molecule has 0 atom stereocenters. The van der Waals surface area contributed by atoms with Crippen molar-refractivity contribution in [3.63, 3.8) is 0 Å². The quantitative estimate of drug-likeness (QED) is 0.785. The molecule has 0 unspecified atom stereocenters. The molecule has 0 fully saturated rings. The summed E-state index contributed by atoms with van der Waals surface area (Å²) < 4.78 is 15.8. The Hall–Kier alpha value is -2.60. The zero-order chi connectivity index (χ0) is 15.9. The molecule has 3 rings (SSSR count). The first-order valence-corrected chi connectivity index (χ1v) is 6.72. The van der Waals surface area contributed by atoms with Crippen molar-refractivity contribution in [1.29, 1.82) is 0 Å². The van der Waals surface area contributed by atoms with Gasteiger partial charge < -0.3 is 14.1 Å². The standard InChI is InChI=1S/C15H10ClFN2O3/c16-10-7-9(1-2-11(10)17)8-19-6-5-18-4-3-12(20)14(21)13(18)15(19)22/h1-7,21H,8H2. The Bertz CT molecular complexity index is 994.